The van der Waals surface area contributed by atoms with E-state index in [4.69, 9.17) is 5.73 Å². The van der Waals surface area contributed by atoms with Gasteiger partial charge in [0.2, 0.25) is 10.1 Å². The van der Waals surface area contributed by atoms with Crippen molar-refractivity contribution in [3.05, 3.63) is 5.01 Å². The first-order chi connectivity index (χ1) is 8.20. The minimum atomic E-state index is -0.0269. The lowest BCUT2D eigenvalue weighted by atomic mass is 10.2. The van der Waals surface area contributed by atoms with E-state index in [9.17, 15) is 4.79 Å². The number of rotatable bonds is 2. The SMILES string of the molecule is CSC1CCCN(C(=O)c2nnc(N)s2)CC1. The van der Waals surface area contributed by atoms with Crippen LogP contribution >= 0.6 is 23.1 Å². The van der Waals surface area contributed by atoms with E-state index in [1.807, 2.05) is 16.7 Å². The van der Waals surface area contributed by atoms with Gasteiger partial charge in [0.15, 0.2) is 0 Å². The molecule has 1 saturated heterocycles. The molecule has 0 spiro atoms. The number of hydrogen-bond acceptors (Lipinski definition) is 6. The Labute approximate surface area is 109 Å². The highest BCUT2D eigenvalue weighted by atomic mass is 32.2. The third kappa shape index (κ3) is 3.10. The first kappa shape index (κ1) is 12.6. The molecular weight excluding hydrogens is 256 g/mol. The minimum Gasteiger partial charge on any atom is -0.374 e. The van der Waals surface area contributed by atoms with E-state index in [2.05, 4.69) is 16.5 Å². The van der Waals surface area contributed by atoms with Crippen molar-refractivity contribution < 1.29 is 4.79 Å². The van der Waals surface area contributed by atoms with E-state index in [0.29, 0.717) is 15.4 Å². The van der Waals surface area contributed by atoms with Crippen LogP contribution in [0.5, 0.6) is 0 Å². The second-order valence-corrected chi connectivity index (χ2v) is 6.17. The van der Waals surface area contributed by atoms with Gasteiger partial charge in [-0.3, -0.25) is 4.79 Å². The molecule has 0 aliphatic carbocycles. The molecule has 1 atom stereocenters. The number of amides is 1. The maximum atomic E-state index is 12.1. The fourth-order valence-corrected chi connectivity index (χ4v) is 3.28. The van der Waals surface area contributed by atoms with Crippen LogP contribution < -0.4 is 5.73 Å². The fraction of sp³-hybridized carbons (Fsp3) is 0.700. The van der Waals surface area contributed by atoms with E-state index in [-0.39, 0.29) is 5.91 Å². The Morgan fingerprint density at radius 1 is 1.47 bits per heavy atom. The minimum absolute atomic E-state index is 0.0269. The molecule has 17 heavy (non-hydrogen) atoms. The molecule has 1 aliphatic rings. The molecule has 1 fully saturated rings. The third-order valence-electron chi connectivity index (χ3n) is 2.92. The molecule has 1 aromatic heterocycles. The maximum absolute atomic E-state index is 12.1. The predicted octanol–water partition coefficient (Wildman–Crippen LogP) is 1.48. The average molecular weight is 272 g/mol. The highest BCUT2D eigenvalue weighted by molar-refractivity contribution is 7.99. The van der Waals surface area contributed by atoms with Crippen molar-refractivity contribution in [2.45, 2.75) is 24.5 Å². The normalized spacial score (nSPS) is 21.2. The summed E-state index contributed by atoms with van der Waals surface area (Å²) in [5.74, 6) is -0.0269. The van der Waals surface area contributed by atoms with Gasteiger partial charge in [0.1, 0.15) is 0 Å². The summed E-state index contributed by atoms with van der Waals surface area (Å²) in [6, 6.07) is 0. The van der Waals surface area contributed by atoms with Crippen LogP contribution in [-0.2, 0) is 0 Å². The molecule has 1 aromatic rings. The Bertz CT molecular complexity index is 395. The Kier molecular flexibility index (Phi) is 4.22. The van der Waals surface area contributed by atoms with Gasteiger partial charge in [-0.15, -0.1) is 10.2 Å². The van der Waals surface area contributed by atoms with Gasteiger partial charge in [-0.1, -0.05) is 11.3 Å². The lowest BCUT2D eigenvalue weighted by Crippen LogP contribution is -2.32. The summed E-state index contributed by atoms with van der Waals surface area (Å²) in [6.07, 6.45) is 5.43. The summed E-state index contributed by atoms with van der Waals surface area (Å²) in [6.45, 7) is 1.62. The third-order valence-corrected chi connectivity index (χ3v) is 4.80. The maximum Gasteiger partial charge on any atom is 0.284 e. The Morgan fingerprint density at radius 3 is 2.94 bits per heavy atom. The van der Waals surface area contributed by atoms with Crippen LogP contribution in [0.3, 0.4) is 0 Å². The molecule has 5 nitrogen and oxygen atoms in total. The zero-order valence-electron chi connectivity index (χ0n) is 9.76. The number of anilines is 1. The van der Waals surface area contributed by atoms with E-state index in [0.717, 1.165) is 37.3 Å². The van der Waals surface area contributed by atoms with Gasteiger partial charge in [0.05, 0.1) is 0 Å². The van der Waals surface area contributed by atoms with Crippen molar-refractivity contribution in [3.8, 4) is 0 Å². The molecule has 0 saturated carbocycles. The van der Waals surface area contributed by atoms with Gasteiger partial charge in [-0.05, 0) is 25.5 Å². The van der Waals surface area contributed by atoms with Gasteiger partial charge in [-0.25, -0.2) is 0 Å². The Morgan fingerprint density at radius 2 is 2.29 bits per heavy atom. The zero-order chi connectivity index (χ0) is 12.3. The number of thioether (sulfide) groups is 1. The van der Waals surface area contributed by atoms with Crippen molar-refractivity contribution in [2.24, 2.45) is 0 Å². The highest BCUT2D eigenvalue weighted by Gasteiger charge is 2.23. The lowest BCUT2D eigenvalue weighted by molar-refractivity contribution is 0.0760. The number of nitrogens with two attached hydrogens (primary N) is 1. The zero-order valence-corrected chi connectivity index (χ0v) is 11.4. The quantitative estimate of drug-likeness (QED) is 0.883. The first-order valence-electron chi connectivity index (χ1n) is 5.61. The van der Waals surface area contributed by atoms with Gasteiger partial charge in [-0.2, -0.15) is 11.8 Å². The van der Waals surface area contributed by atoms with Gasteiger partial charge < -0.3 is 10.6 Å². The molecule has 0 bridgehead atoms. The average Bonchev–Trinajstić information content (AvgIpc) is 2.64. The van der Waals surface area contributed by atoms with E-state index < -0.39 is 0 Å². The molecule has 2 heterocycles. The largest absolute Gasteiger partial charge is 0.374 e. The van der Waals surface area contributed by atoms with Crippen molar-refractivity contribution in [3.63, 3.8) is 0 Å². The molecule has 0 aromatic carbocycles. The monoisotopic (exact) mass is 272 g/mol. The molecule has 1 unspecified atom stereocenters. The molecule has 2 N–H and O–H groups in total. The van der Waals surface area contributed by atoms with Crippen molar-refractivity contribution >= 4 is 34.1 Å². The predicted molar refractivity (Wildman–Crippen MR) is 71.4 cm³/mol. The van der Waals surface area contributed by atoms with E-state index >= 15 is 0 Å². The van der Waals surface area contributed by atoms with Gasteiger partial charge >= 0.3 is 0 Å². The summed E-state index contributed by atoms with van der Waals surface area (Å²) >= 11 is 3.05. The summed E-state index contributed by atoms with van der Waals surface area (Å²) in [5, 5.41) is 8.92. The first-order valence-corrected chi connectivity index (χ1v) is 7.72. The van der Waals surface area contributed by atoms with Crippen molar-refractivity contribution in [1.82, 2.24) is 15.1 Å². The number of aromatic nitrogens is 2. The van der Waals surface area contributed by atoms with Gasteiger partial charge in [0, 0.05) is 18.3 Å². The number of nitrogens with zero attached hydrogens (tertiary/aromatic N) is 3. The second kappa shape index (κ2) is 5.68. The number of likely N-dealkylation sites (tertiary alicyclic amines) is 1. The number of carbonyl (C=O) groups is 1. The smallest absolute Gasteiger partial charge is 0.284 e. The molecular formula is C10H16N4OS2. The lowest BCUT2D eigenvalue weighted by Gasteiger charge is -2.18. The molecule has 1 amide bonds. The van der Waals surface area contributed by atoms with E-state index in [1.54, 1.807) is 0 Å². The van der Waals surface area contributed by atoms with Gasteiger partial charge in [0.25, 0.3) is 5.91 Å². The standard InChI is InChI=1S/C10H16N4OS2/c1-16-7-3-2-5-14(6-4-7)9(15)8-12-13-10(11)17-8/h7H,2-6H2,1H3,(H2,11,13). The molecule has 0 radical (unpaired) electrons. The van der Waals surface area contributed by atoms with Crippen molar-refractivity contribution in [1.29, 1.82) is 0 Å². The summed E-state index contributed by atoms with van der Waals surface area (Å²) in [5.41, 5.74) is 5.49. The highest BCUT2D eigenvalue weighted by Crippen LogP contribution is 2.22. The Hall–Kier alpha value is -0.820. The number of carbonyl (C=O) groups excluding carboxylic acids is 1. The van der Waals surface area contributed by atoms with Crippen LogP contribution in [0.15, 0.2) is 0 Å². The summed E-state index contributed by atoms with van der Waals surface area (Å²) < 4.78 is 0. The summed E-state index contributed by atoms with van der Waals surface area (Å²) in [4.78, 5) is 14.0. The van der Waals surface area contributed by atoms with Crippen molar-refractivity contribution in [2.75, 3.05) is 25.1 Å². The van der Waals surface area contributed by atoms with Crippen LogP contribution in [0.25, 0.3) is 0 Å². The fourth-order valence-electron chi connectivity index (χ4n) is 1.96. The molecule has 7 heteroatoms. The topological polar surface area (TPSA) is 72.1 Å². The van der Waals surface area contributed by atoms with Crippen LogP contribution in [-0.4, -0.2) is 45.6 Å². The molecule has 1 aliphatic heterocycles. The van der Waals surface area contributed by atoms with Crippen LogP contribution in [0, 0.1) is 0 Å². The summed E-state index contributed by atoms with van der Waals surface area (Å²) in [7, 11) is 0. The number of hydrogen-bond donors (Lipinski definition) is 1. The number of nitrogen functional groups attached to an aromatic ring is 1. The van der Waals surface area contributed by atoms with E-state index in [1.165, 1.54) is 6.42 Å². The van der Waals surface area contributed by atoms with Crippen LogP contribution in [0.4, 0.5) is 5.13 Å². The Balaban J connectivity index is 2.00. The van der Waals surface area contributed by atoms with Crippen LogP contribution in [0.1, 0.15) is 29.1 Å². The molecule has 94 valence electrons. The van der Waals surface area contributed by atoms with Crippen LogP contribution in [0.2, 0.25) is 0 Å². The molecule has 2 rings (SSSR count). The second-order valence-electron chi connectivity index (χ2n) is 4.03.